The molecule has 1 aliphatic heterocycles. The first kappa shape index (κ1) is 22.8. The minimum atomic E-state index is -1.36. The number of hydrogen-bond donors (Lipinski definition) is 1. The number of nitrogens with two attached hydrogens (primary N) is 1. The Morgan fingerprint density at radius 3 is 2.55 bits per heavy atom. The molecule has 0 aliphatic carbocycles. The maximum atomic E-state index is 14.5. The molecule has 3 rings (SSSR count). The van der Waals surface area contributed by atoms with Crippen molar-refractivity contribution in [3.63, 3.8) is 0 Å². The molecule has 1 unspecified atom stereocenters. The SMILES string of the molecule is CC(C)O[C@@H](C)C(=O)N1N=C(c2cc(F)ccc2F)OC1(CCCN)c1ccccc1. The average Bonchev–Trinajstić information content (AvgIpc) is 3.14. The molecule has 1 heterocycles. The van der Waals surface area contributed by atoms with Crippen molar-refractivity contribution in [1.82, 2.24) is 5.01 Å². The van der Waals surface area contributed by atoms with Crippen LogP contribution in [0.2, 0.25) is 0 Å². The number of rotatable bonds is 8. The van der Waals surface area contributed by atoms with Gasteiger partial charge >= 0.3 is 0 Å². The first-order valence-electron chi connectivity index (χ1n) is 10.3. The third-order valence-corrected chi connectivity index (χ3v) is 4.93. The summed E-state index contributed by atoms with van der Waals surface area (Å²) in [6.45, 7) is 5.61. The first-order valence-corrected chi connectivity index (χ1v) is 10.3. The summed E-state index contributed by atoms with van der Waals surface area (Å²) in [7, 11) is 0. The number of nitrogens with zero attached hydrogens (tertiary/aromatic N) is 2. The van der Waals surface area contributed by atoms with Gasteiger partial charge in [0, 0.05) is 12.0 Å². The van der Waals surface area contributed by atoms with Crippen LogP contribution in [0.15, 0.2) is 53.6 Å². The highest BCUT2D eigenvalue weighted by Gasteiger charge is 2.51. The molecule has 2 aromatic rings. The van der Waals surface area contributed by atoms with E-state index in [1.54, 1.807) is 31.2 Å². The molecule has 0 fully saturated rings. The van der Waals surface area contributed by atoms with Crippen LogP contribution in [-0.2, 0) is 20.0 Å². The lowest BCUT2D eigenvalue weighted by molar-refractivity contribution is -0.166. The van der Waals surface area contributed by atoms with Crippen LogP contribution in [0, 0.1) is 11.6 Å². The van der Waals surface area contributed by atoms with Gasteiger partial charge in [-0.25, -0.2) is 8.78 Å². The Bertz CT molecular complexity index is 952. The van der Waals surface area contributed by atoms with Crippen LogP contribution in [0.5, 0.6) is 0 Å². The number of carbonyl (C=O) groups excluding carboxylic acids is 1. The monoisotopic (exact) mass is 431 g/mol. The molecule has 2 N–H and O–H groups in total. The van der Waals surface area contributed by atoms with E-state index in [0.29, 0.717) is 24.9 Å². The summed E-state index contributed by atoms with van der Waals surface area (Å²) in [5, 5.41) is 5.51. The van der Waals surface area contributed by atoms with Gasteiger partial charge in [0.2, 0.25) is 11.6 Å². The van der Waals surface area contributed by atoms with E-state index in [1.807, 2.05) is 19.9 Å². The maximum Gasteiger partial charge on any atom is 0.275 e. The zero-order chi connectivity index (χ0) is 22.6. The van der Waals surface area contributed by atoms with Crippen molar-refractivity contribution in [2.45, 2.75) is 51.5 Å². The number of benzene rings is 2. The number of hydrogen-bond acceptors (Lipinski definition) is 5. The number of ether oxygens (including phenoxy) is 2. The van der Waals surface area contributed by atoms with E-state index in [1.165, 1.54) is 5.01 Å². The third kappa shape index (κ3) is 4.75. The molecule has 31 heavy (non-hydrogen) atoms. The second-order valence-corrected chi connectivity index (χ2v) is 7.65. The van der Waals surface area contributed by atoms with Crippen molar-refractivity contribution in [2.75, 3.05) is 6.54 Å². The van der Waals surface area contributed by atoms with Crippen molar-refractivity contribution in [2.24, 2.45) is 10.8 Å². The van der Waals surface area contributed by atoms with Gasteiger partial charge < -0.3 is 15.2 Å². The fourth-order valence-electron chi connectivity index (χ4n) is 3.55. The molecule has 1 amide bonds. The van der Waals surface area contributed by atoms with E-state index in [4.69, 9.17) is 15.2 Å². The van der Waals surface area contributed by atoms with E-state index in [2.05, 4.69) is 5.10 Å². The van der Waals surface area contributed by atoms with Crippen molar-refractivity contribution in [3.05, 3.63) is 71.3 Å². The lowest BCUT2D eigenvalue weighted by Crippen LogP contribution is -2.49. The molecule has 0 saturated heterocycles. The highest BCUT2D eigenvalue weighted by molar-refractivity contribution is 5.97. The molecular weight excluding hydrogens is 404 g/mol. The summed E-state index contributed by atoms with van der Waals surface area (Å²) in [4.78, 5) is 13.4. The predicted octanol–water partition coefficient (Wildman–Crippen LogP) is 3.89. The number of halogens is 2. The third-order valence-electron chi connectivity index (χ3n) is 4.93. The van der Waals surface area contributed by atoms with Gasteiger partial charge in [-0.05, 0) is 51.9 Å². The second-order valence-electron chi connectivity index (χ2n) is 7.65. The molecule has 1 aliphatic rings. The van der Waals surface area contributed by atoms with Crippen LogP contribution in [0.25, 0.3) is 0 Å². The lowest BCUT2D eigenvalue weighted by atomic mass is 9.96. The molecular formula is C23H27F2N3O3. The summed E-state index contributed by atoms with van der Waals surface area (Å²) in [6, 6.07) is 12.0. The smallest absolute Gasteiger partial charge is 0.275 e. The molecule has 6 nitrogen and oxygen atoms in total. The largest absolute Gasteiger partial charge is 0.443 e. The Morgan fingerprint density at radius 1 is 1.19 bits per heavy atom. The van der Waals surface area contributed by atoms with Crippen LogP contribution in [0.3, 0.4) is 0 Å². The van der Waals surface area contributed by atoms with Crippen molar-refractivity contribution in [1.29, 1.82) is 0 Å². The van der Waals surface area contributed by atoms with E-state index < -0.39 is 29.4 Å². The van der Waals surface area contributed by atoms with Gasteiger partial charge in [-0.1, -0.05) is 30.3 Å². The van der Waals surface area contributed by atoms with E-state index in [9.17, 15) is 13.6 Å². The molecule has 0 radical (unpaired) electrons. The second kappa shape index (κ2) is 9.53. The molecule has 2 aromatic carbocycles. The van der Waals surface area contributed by atoms with Gasteiger partial charge in [-0.15, -0.1) is 5.10 Å². The Morgan fingerprint density at radius 2 is 1.90 bits per heavy atom. The lowest BCUT2D eigenvalue weighted by Gasteiger charge is -2.36. The summed E-state index contributed by atoms with van der Waals surface area (Å²) in [5.74, 6) is -1.98. The highest BCUT2D eigenvalue weighted by atomic mass is 19.1. The molecule has 2 atom stereocenters. The standard InChI is InChI=1S/C23H27F2N3O3/c1-15(2)30-16(3)22(29)28-23(12-7-13-26,17-8-5-4-6-9-17)31-21(27-28)19-14-18(24)10-11-20(19)25/h4-6,8-11,14-16H,7,12-13,26H2,1-3H3/t16-,23?/m0/s1. The predicted molar refractivity (Wildman–Crippen MR) is 113 cm³/mol. The maximum absolute atomic E-state index is 14.5. The quantitative estimate of drug-likeness (QED) is 0.688. The first-order chi connectivity index (χ1) is 14.8. The van der Waals surface area contributed by atoms with Crippen LogP contribution < -0.4 is 5.73 Å². The zero-order valence-corrected chi connectivity index (χ0v) is 17.8. The molecule has 166 valence electrons. The fourth-order valence-corrected chi connectivity index (χ4v) is 3.55. The number of hydrazone groups is 1. The topological polar surface area (TPSA) is 77.1 Å². The summed E-state index contributed by atoms with van der Waals surface area (Å²) in [5.41, 5.74) is 4.87. The van der Waals surface area contributed by atoms with Crippen molar-refractivity contribution >= 4 is 11.8 Å². The Labute approximate surface area is 180 Å². The van der Waals surface area contributed by atoms with E-state index in [-0.39, 0.29) is 17.6 Å². The Hall–Kier alpha value is -2.84. The Kier molecular flexibility index (Phi) is 7.02. The van der Waals surface area contributed by atoms with Gasteiger partial charge in [-0.3, -0.25) is 4.79 Å². The van der Waals surface area contributed by atoms with E-state index in [0.717, 1.165) is 18.2 Å². The van der Waals surface area contributed by atoms with Gasteiger partial charge in [0.15, 0.2) is 0 Å². The number of carbonyl (C=O) groups is 1. The molecule has 0 aromatic heterocycles. The van der Waals surface area contributed by atoms with Gasteiger partial charge in [0.1, 0.15) is 17.7 Å². The van der Waals surface area contributed by atoms with Crippen LogP contribution >= 0.6 is 0 Å². The normalized spacial score (nSPS) is 19.3. The van der Waals surface area contributed by atoms with Crippen molar-refractivity contribution < 1.29 is 23.0 Å². The molecule has 0 saturated carbocycles. The van der Waals surface area contributed by atoms with E-state index >= 15 is 0 Å². The molecule has 8 heteroatoms. The Balaban J connectivity index is 2.13. The van der Waals surface area contributed by atoms with Crippen molar-refractivity contribution in [3.8, 4) is 0 Å². The fraction of sp³-hybridized carbons (Fsp3) is 0.391. The molecule has 0 bridgehead atoms. The van der Waals surface area contributed by atoms with Gasteiger partial charge in [-0.2, -0.15) is 5.01 Å². The van der Waals surface area contributed by atoms with Gasteiger partial charge in [0.05, 0.1) is 11.7 Å². The summed E-state index contributed by atoms with van der Waals surface area (Å²) < 4.78 is 40.2. The summed E-state index contributed by atoms with van der Waals surface area (Å²) >= 11 is 0. The average molecular weight is 431 g/mol. The summed E-state index contributed by atoms with van der Waals surface area (Å²) in [6.07, 6.45) is -0.212. The number of amides is 1. The van der Waals surface area contributed by atoms with Gasteiger partial charge in [0.25, 0.3) is 5.91 Å². The van der Waals surface area contributed by atoms with Crippen LogP contribution in [0.1, 0.15) is 44.7 Å². The van der Waals surface area contributed by atoms with Crippen LogP contribution in [0.4, 0.5) is 8.78 Å². The molecule has 0 spiro atoms. The zero-order valence-electron chi connectivity index (χ0n) is 17.8. The van der Waals surface area contributed by atoms with Crippen LogP contribution in [-0.4, -0.2) is 35.6 Å². The minimum absolute atomic E-state index is 0.166. The minimum Gasteiger partial charge on any atom is -0.443 e. The highest BCUT2D eigenvalue weighted by Crippen LogP contribution is 2.41.